The Morgan fingerprint density at radius 2 is 1.94 bits per heavy atom. The maximum absolute atomic E-state index is 6.13. The molecule has 1 atom stereocenters. The Kier molecular flexibility index (Phi) is 3.95. The van der Waals surface area contributed by atoms with E-state index in [0.29, 0.717) is 0 Å². The van der Waals surface area contributed by atoms with Gasteiger partial charge in [-0.15, -0.1) is 0 Å². The van der Waals surface area contributed by atoms with Crippen molar-refractivity contribution in [3.8, 4) is 5.75 Å². The zero-order valence-corrected chi connectivity index (χ0v) is 11.4. The van der Waals surface area contributed by atoms with E-state index in [9.17, 15) is 0 Å². The molecule has 1 unspecified atom stereocenters. The quantitative estimate of drug-likeness (QED) is 0.792. The van der Waals surface area contributed by atoms with Gasteiger partial charge < -0.3 is 10.5 Å². The van der Waals surface area contributed by atoms with E-state index in [2.05, 4.69) is 19.9 Å². The van der Waals surface area contributed by atoms with Crippen molar-refractivity contribution in [2.24, 2.45) is 5.73 Å². The van der Waals surface area contributed by atoms with E-state index < -0.39 is 0 Å². The summed E-state index contributed by atoms with van der Waals surface area (Å²) in [5, 5.41) is 0. The van der Waals surface area contributed by atoms with Crippen LogP contribution >= 0.6 is 0 Å². The van der Waals surface area contributed by atoms with Crippen LogP contribution in [0.25, 0.3) is 5.70 Å². The van der Waals surface area contributed by atoms with Crippen molar-refractivity contribution in [1.29, 1.82) is 0 Å². The first kappa shape index (κ1) is 13.0. The predicted molar refractivity (Wildman–Crippen MR) is 76.4 cm³/mol. The summed E-state index contributed by atoms with van der Waals surface area (Å²) in [6.45, 7) is 4.36. The lowest BCUT2D eigenvalue weighted by molar-refractivity contribution is 0.123. The molecule has 2 rings (SSSR count). The highest BCUT2D eigenvalue weighted by molar-refractivity contribution is 5.70. The maximum Gasteiger partial charge on any atom is 0.129 e. The first-order chi connectivity index (χ1) is 8.64. The van der Waals surface area contributed by atoms with E-state index in [1.807, 2.05) is 24.3 Å². The van der Waals surface area contributed by atoms with Crippen molar-refractivity contribution in [2.75, 3.05) is 0 Å². The van der Waals surface area contributed by atoms with Gasteiger partial charge in [-0.25, -0.2) is 0 Å². The second-order valence-electron chi connectivity index (χ2n) is 5.32. The molecule has 18 heavy (non-hydrogen) atoms. The number of ether oxygens (including phenoxy) is 1. The van der Waals surface area contributed by atoms with Crippen LogP contribution in [0.4, 0.5) is 0 Å². The molecule has 0 radical (unpaired) electrons. The molecule has 0 amide bonds. The third-order valence-electron chi connectivity index (χ3n) is 3.53. The maximum atomic E-state index is 6.13. The molecule has 2 heteroatoms. The van der Waals surface area contributed by atoms with Gasteiger partial charge in [0, 0.05) is 11.3 Å². The molecule has 2 nitrogen and oxygen atoms in total. The van der Waals surface area contributed by atoms with Gasteiger partial charge in [-0.1, -0.05) is 38.3 Å². The fourth-order valence-electron chi connectivity index (χ4n) is 2.51. The SMILES string of the molecule is CCCCCCC1(C)C=C(N)c2ccccc2O1. The number of rotatable bonds is 5. The molecule has 1 aliphatic heterocycles. The topological polar surface area (TPSA) is 35.2 Å². The molecule has 0 aromatic heterocycles. The van der Waals surface area contributed by atoms with Gasteiger partial charge in [-0.05, 0) is 38.0 Å². The summed E-state index contributed by atoms with van der Waals surface area (Å²) in [4.78, 5) is 0. The van der Waals surface area contributed by atoms with Crippen molar-refractivity contribution in [1.82, 2.24) is 0 Å². The van der Waals surface area contributed by atoms with Gasteiger partial charge >= 0.3 is 0 Å². The number of hydrogen-bond acceptors (Lipinski definition) is 2. The smallest absolute Gasteiger partial charge is 0.129 e. The molecule has 1 aromatic carbocycles. The second kappa shape index (κ2) is 5.47. The lowest BCUT2D eigenvalue weighted by Crippen LogP contribution is -2.34. The summed E-state index contributed by atoms with van der Waals surface area (Å²) in [6.07, 6.45) is 8.12. The Hall–Kier alpha value is -1.44. The zero-order chi connectivity index (χ0) is 13.0. The van der Waals surface area contributed by atoms with Crippen LogP contribution in [-0.4, -0.2) is 5.60 Å². The average Bonchev–Trinajstić information content (AvgIpc) is 2.35. The number of nitrogens with two attached hydrogens (primary N) is 1. The molecule has 0 aliphatic carbocycles. The molecular weight excluding hydrogens is 222 g/mol. The monoisotopic (exact) mass is 245 g/mol. The molecule has 1 aliphatic rings. The van der Waals surface area contributed by atoms with Gasteiger partial charge in [-0.3, -0.25) is 0 Å². The predicted octanol–water partition coefficient (Wildman–Crippen LogP) is 4.11. The van der Waals surface area contributed by atoms with Crippen molar-refractivity contribution in [3.05, 3.63) is 35.9 Å². The molecule has 0 fully saturated rings. The van der Waals surface area contributed by atoms with Crippen LogP contribution < -0.4 is 10.5 Å². The van der Waals surface area contributed by atoms with E-state index >= 15 is 0 Å². The van der Waals surface area contributed by atoms with E-state index in [0.717, 1.165) is 23.4 Å². The van der Waals surface area contributed by atoms with Crippen molar-refractivity contribution in [3.63, 3.8) is 0 Å². The minimum Gasteiger partial charge on any atom is -0.483 e. The molecule has 2 N–H and O–H groups in total. The van der Waals surface area contributed by atoms with Gasteiger partial charge in [0.1, 0.15) is 11.4 Å². The number of unbranched alkanes of at least 4 members (excludes halogenated alkanes) is 3. The van der Waals surface area contributed by atoms with Crippen molar-refractivity contribution in [2.45, 2.75) is 51.6 Å². The van der Waals surface area contributed by atoms with Crippen molar-refractivity contribution >= 4 is 5.70 Å². The highest BCUT2D eigenvalue weighted by Gasteiger charge is 2.29. The Bertz CT molecular complexity index is 438. The second-order valence-corrected chi connectivity index (χ2v) is 5.32. The summed E-state index contributed by atoms with van der Waals surface area (Å²) in [6, 6.07) is 8.00. The molecule has 0 spiro atoms. The summed E-state index contributed by atoms with van der Waals surface area (Å²) in [5.74, 6) is 0.912. The third kappa shape index (κ3) is 2.87. The molecule has 0 bridgehead atoms. The molecular formula is C16H23NO. The molecule has 0 saturated heterocycles. The normalized spacial score (nSPS) is 22.0. The van der Waals surface area contributed by atoms with Gasteiger partial charge in [-0.2, -0.15) is 0 Å². The largest absolute Gasteiger partial charge is 0.483 e. The van der Waals surface area contributed by atoms with Crippen molar-refractivity contribution < 1.29 is 4.74 Å². The first-order valence-electron chi connectivity index (χ1n) is 6.91. The fraction of sp³-hybridized carbons (Fsp3) is 0.500. The van der Waals surface area contributed by atoms with Crippen LogP contribution in [0.3, 0.4) is 0 Å². The summed E-state index contributed by atoms with van der Waals surface area (Å²) in [7, 11) is 0. The van der Waals surface area contributed by atoms with Gasteiger partial charge in [0.2, 0.25) is 0 Å². The number of hydrogen-bond donors (Lipinski definition) is 1. The van der Waals surface area contributed by atoms with Crippen LogP contribution in [0.2, 0.25) is 0 Å². The zero-order valence-electron chi connectivity index (χ0n) is 11.4. The fourth-order valence-corrected chi connectivity index (χ4v) is 2.51. The summed E-state index contributed by atoms with van der Waals surface area (Å²) in [5.41, 5.74) is 7.75. The molecule has 0 saturated carbocycles. The van der Waals surface area contributed by atoms with E-state index in [-0.39, 0.29) is 5.60 Å². The highest BCUT2D eigenvalue weighted by Crippen LogP contribution is 2.35. The highest BCUT2D eigenvalue weighted by atomic mass is 16.5. The Morgan fingerprint density at radius 1 is 1.17 bits per heavy atom. The summed E-state index contributed by atoms with van der Waals surface area (Å²) < 4.78 is 6.11. The molecule has 1 heterocycles. The minimum atomic E-state index is -0.244. The van der Waals surface area contributed by atoms with Crippen LogP contribution in [0, 0.1) is 0 Å². The number of benzene rings is 1. The van der Waals surface area contributed by atoms with Crippen LogP contribution in [0.1, 0.15) is 51.5 Å². The van der Waals surface area contributed by atoms with E-state index in [4.69, 9.17) is 10.5 Å². The lowest BCUT2D eigenvalue weighted by Gasteiger charge is -2.33. The standard InChI is InChI=1S/C16H23NO/c1-3-4-5-8-11-16(2)12-14(17)13-9-6-7-10-15(13)18-16/h6-7,9-10,12H,3-5,8,11,17H2,1-2H3. The minimum absolute atomic E-state index is 0.244. The first-order valence-corrected chi connectivity index (χ1v) is 6.91. The Morgan fingerprint density at radius 3 is 2.72 bits per heavy atom. The molecule has 98 valence electrons. The van der Waals surface area contributed by atoms with Gasteiger partial charge in [0.25, 0.3) is 0 Å². The van der Waals surface area contributed by atoms with Crippen LogP contribution in [-0.2, 0) is 0 Å². The van der Waals surface area contributed by atoms with Crippen LogP contribution in [0.15, 0.2) is 30.3 Å². The third-order valence-corrected chi connectivity index (χ3v) is 3.53. The number of para-hydroxylation sites is 1. The Balaban J connectivity index is 2.06. The molecule has 1 aromatic rings. The summed E-state index contributed by atoms with van der Waals surface area (Å²) >= 11 is 0. The van der Waals surface area contributed by atoms with E-state index in [1.165, 1.54) is 25.7 Å². The van der Waals surface area contributed by atoms with Crippen LogP contribution in [0.5, 0.6) is 5.75 Å². The number of fused-ring (bicyclic) bond motifs is 1. The Labute approximate surface area is 110 Å². The average molecular weight is 245 g/mol. The van der Waals surface area contributed by atoms with E-state index in [1.54, 1.807) is 0 Å². The lowest BCUT2D eigenvalue weighted by atomic mass is 9.92. The van der Waals surface area contributed by atoms with Gasteiger partial charge in [0.15, 0.2) is 0 Å². The van der Waals surface area contributed by atoms with Gasteiger partial charge in [0.05, 0.1) is 0 Å².